The van der Waals surface area contributed by atoms with Crippen LogP contribution in [-0.2, 0) is 0 Å². The third-order valence-electron chi connectivity index (χ3n) is 4.47. The van der Waals surface area contributed by atoms with E-state index in [9.17, 15) is 13.6 Å². The number of benzene rings is 1. The number of aryl methyl sites for hydroxylation is 1. The lowest BCUT2D eigenvalue weighted by atomic mass is 10.1. The van der Waals surface area contributed by atoms with Gasteiger partial charge in [0.25, 0.3) is 5.91 Å². The predicted molar refractivity (Wildman–Crippen MR) is 104 cm³/mol. The van der Waals surface area contributed by atoms with Gasteiger partial charge in [-0.05, 0) is 31.2 Å². The molecule has 0 saturated carbocycles. The van der Waals surface area contributed by atoms with Gasteiger partial charge in [0.15, 0.2) is 0 Å². The number of hydrogen-bond acceptors (Lipinski definition) is 6. The zero-order chi connectivity index (χ0) is 20.6. The second-order valence-electron chi connectivity index (χ2n) is 6.57. The Bertz CT molecular complexity index is 1030. The zero-order valence-corrected chi connectivity index (χ0v) is 15.6. The molecule has 0 saturated heterocycles. The predicted octanol–water partition coefficient (Wildman–Crippen LogP) is 4.12. The van der Waals surface area contributed by atoms with Crippen LogP contribution >= 0.6 is 0 Å². The van der Waals surface area contributed by atoms with Gasteiger partial charge in [-0.25, -0.2) is 4.99 Å². The fourth-order valence-corrected chi connectivity index (χ4v) is 3.20. The summed E-state index contributed by atoms with van der Waals surface area (Å²) in [5.74, 6) is 1.01. The van der Waals surface area contributed by atoms with Crippen LogP contribution in [-0.4, -0.2) is 42.2 Å². The van der Waals surface area contributed by atoms with Gasteiger partial charge < -0.3 is 19.4 Å². The first-order valence-corrected chi connectivity index (χ1v) is 8.96. The molecule has 1 N–H and O–H groups in total. The normalized spacial score (nSPS) is 14.9. The zero-order valence-electron chi connectivity index (χ0n) is 15.6. The van der Waals surface area contributed by atoms with E-state index in [0.29, 0.717) is 47.4 Å². The average Bonchev–Trinajstić information content (AvgIpc) is 3.25. The first-order chi connectivity index (χ1) is 13.9. The summed E-state index contributed by atoms with van der Waals surface area (Å²) in [4.78, 5) is 23.4. The van der Waals surface area contributed by atoms with Gasteiger partial charge in [0.05, 0.1) is 24.1 Å². The van der Waals surface area contributed by atoms with Gasteiger partial charge in [0, 0.05) is 12.2 Å². The highest BCUT2D eigenvalue weighted by molar-refractivity contribution is 6.19. The van der Waals surface area contributed by atoms with E-state index < -0.39 is 18.4 Å². The quantitative estimate of drug-likeness (QED) is 0.740. The Morgan fingerprint density at radius 2 is 2.17 bits per heavy atom. The number of fused-ring (bicyclic) bond motifs is 3. The van der Waals surface area contributed by atoms with E-state index in [-0.39, 0.29) is 5.75 Å². The SMILES string of the molecule is C=CCC(F)(F)Oc1ccc(NC(=O)c2c(C)oc3c2C2=NCCN2C=N3)cc1. The number of nitrogens with zero attached hydrogens (tertiary/aromatic N) is 3. The number of halogens is 2. The minimum absolute atomic E-state index is 0.0167. The molecular formula is C20H18F2N4O3. The molecular weight excluding hydrogens is 382 g/mol. The molecule has 7 nitrogen and oxygen atoms in total. The van der Waals surface area contributed by atoms with Crippen molar-refractivity contribution in [3.8, 4) is 5.75 Å². The summed E-state index contributed by atoms with van der Waals surface area (Å²) in [5, 5.41) is 2.75. The van der Waals surface area contributed by atoms with Gasteiger partial charge in [-0.2, -0.15) is 8.78 Å². The van der Waals surface area contributed by atoms with Gasteiger partial charge in [-0.3, -0.25) is 9.79 Å². The Morgan fingerprint density at radius 3 is 2.90 bits per heavy atom. The number of hydrogen-bond donors (Lipinski definition) is 1. The lowest BCUT2D eigenvalue weighted by molar-refractivity contribution is -0.172. The van der Waals surface area contributed by atoms with Crippen molar-refractivity contribution in [3.05, 3.63) is 53.8 Å². The van der Waals surface area contributed by atoms with E-state index in [4.69, 9.17) is 4.42 Å². The molecule has 1 aromatic heterocycles. The molecule has 2 aromatic rings. The van der Waals surface area contributed by atoms with E-state index >= 15 is 0 Å². The topological polar surface area (TPSA) is 79.4 Å². The molecule has 2 aliphatic heterocycles. The highest BCUT2D eigenvalue weighted by Gasteiger charge is 2.33. The molecule has 0 radical (unpaired) electrons. The van der Waals surface area contributed by atoms with Crippen molar-refractivity contribution >= 4 is 29.7 Å². The van der Waals surface area contributed by atoms with Gasteiger partial charge in [-0.1, -0.05) is 6.08 Å². The van der Waals surface area contributed by atoms with Gasteiger partial charge in [0.2, 0.25) is 5.88 Å². The number of carbonyl (C=O) groups is 1. The maximum Gasteiger partial charge on any atom is 0.401 e. The van der Waals surface area contributed by atoms with Crippen LogP contribution in [0.1, 0.15) is 28.1 Å². The molecule has 29 heavy (non-hydrogen) atoms. The Labute approximate surface area is 165 Å². The molecule has 0 fully saturated rings. The second-order valence-corrected chi connectivity index (χ2v) is 6.57. The summed E-state index contributed by atoms with van der Waals surface area (Å²) in [7, 11) is 0. The van der Waals surface area contributed by atoms with E-state index in [2.05, 4.69) is 26.6 Å². The number of aliphatic imine (C=N–C) groups is 2. The third kappa shape index (κ3) is 3.63. The van der Waals surface area contributed by atoms with Crippen LogP contribution < -0.4 is 10.1 Å². The Morgan fingerprint density at radius 1 is 1.41 bits per heavy atom. The lowest BCUT2D eigenvalue weighted by Crippen LogP contribution is -2.30. The largest absolute Gasteiger partial charge is 0.442 e. The highest BCUT2D eigenvalue weighted by atomic mass is 19.3. The summed E-state index contributed by atoms with van der Waals surface area (Å²) >= 11 is 0. The summed E-state index contributed by atoms with van der Waals surface area (Å²) in [6.45, 7) is 6.27. The second kappa shape index (κ2) is 7.16. The number of amides is 1. The maximum atomic E-state index is 13.5. The first-order valence-electron chi connectivity index (χ1n) is 8.96. The first kappa shape index (κ1) is 18.9. The van der Waals surface area contributed by atoms with Gasteiger partial charge in [0.1, 0.15) is 23.7 Å². The van der Waals surface area contributed by atoms with E-state index in [1.807, 2.05) is 4.90 Å². The van der Waals surface area contributed by atoms with Crippen molar-refractivity contribution in [2.75, 3.05) is 18.4 Å². The number of nitrogens with one attached hydrogen (secondary N) is 1. The summed E-state index contributed by atoms with van der Waals surface area (Å²) in [6, 6.07) is 5.68. The molecule has 9 heteroatoms. The molecule has 1 amide bonds. The minimum Gasteiger partial charge on any atom is -0.442 e. The van der Waals surface area contributed by atoms with Crippen LogP contribution in [0.25, 0.3) is 0 Å². The summed E-state index contributed by atoms with van der Waals surface area (Å²) in [5.41, 5.74) is 1.33. The number of carbonyl (C=O) groups excluding carboxylic acids is 1. The molecule has 0 aliphatic carbocycles. The van der Waals surface area contributed by atoms with Crippen molar-refractivity contribution in [2.45, 2.75) is 19.5 Å². The van der Waals surface area contributed by atoms with Crippen molar-refractivity contribution in [1.82, 2.24) is 4.90 Å². The molecule has 0 bridgehead atoms. The Balaban J connectivity index is 1.53. The fourth-order valence-electron chi connectivity index (χ4n) is 3.20. The molecule has 1 aromatic carbocycles. The molecule has 0 spiro atoms. The van der Waals surface area contributed by atoms with Crippen LogP contribution in [0, 0.1) is 6.92 Å². The number of rotatable bonds is 6. The van der Waals surface area contributed by atoms with Crippen molar-refractivity contribution < 1.29 is 22.7 Å². The van der Waals surface area contributed by atoms with Crippen molar-refractivity contribution in [3.63, 3.8) is 0 Å². The van der Waals surface area contributed by atoms with Gasteiger partial charge in [-0.15, -0.1) is 6.58 Å². The van der Waals surface area contributed by atoms with Gasteiger partial charge >= 0.3 is 6.11 Å². The van der Waals surface area contributed by atoms with Crippen molar-refractivity contribution in [1.29, 1.82) is 0 Å². The van der Waals surface area contributed by atoms with E-state index in [1.165, 1.54) is 24.3 Å². The fraction of sp³-hybridized carbons (Fsp3) is 0.250. The number of alkyl halides is 2. The van der Waals surface area contributed by atoms with Crippen molar-refractivity contribution in [2.24, 2.45) is 9.98 Å². The molecule has 2 aliphatic rings. The molecule has 4 rings (SSSR count). The Kier molecular flexibility index (Phi) is 4.65. The van der Waals surface area contributed by atoms with Crippen LogP contribution in [0.2, 0.25) is 0 Å². The van der Waals surface area contributed by atoms with E-state index in [1.54, 1.807) is 13.3 Å². The van der Waals surface area contributed by atoms with Crippen LogP contribution in [0.5, 0.6) is 5.75 Å². The Hall–Kier alpha value is -3.49. The standard InChI is InChI=1S/C20H18F2N4O3/c1-3-8-20(21,22)29-14-6-4-13(5-7-14)25-18(27)15-12(2)28-19-16(15)17-23-9-10-26(17)11-24-19/h3-7,11H,1,8-10H2,2H3,(H,25,27). The smallest absolute Gasteiger partial charge is 0.401 e. The number of furan rings is 1. The lowest BCUT2D eigenvalue weighted by Gasteiger charge is -2.18. The molecule has 150 valence electrons. The average molecular weight is 400 g/mol. The number of amidine groups is 1. The molecule has 0 unspecified atom stereocenters. The minimum atomic E-state index is -3.34. The van der Waals surface area contributed by atoms with Crippen LogP contribution in [0.4, 0.5) is 20.4 Å². The highest BCUT2D eigenvalue weighted by Crippen LogP contribution is 2.35. The number of anilines is 1. The summed E-state index contributed by atoms with van der Waals surface area (Å²) in [6.07, 6.45) is -1.21. The summed E-state index contributed by atoms with van der Waals surface area (Å²) < 4.78 is 37.3. The van der Waals surface area contributed by atoms with Crippen LogP contribution in [0.3, 0.4) is 0 Å². The molecule has 0 atom stereocenters. The molecule has 3 heterocycles. The monoisotopic (exact) mass is 400 g/mol. The van der Waals surface area contributed by atoms with E-state index in [0.717, 1.165) is 6.08 Å². The number of ether oxygens (including phenoxy) is 1. The van der Waals surface area contributed by atoms with Crippen LogP contribution in [0.15, 0.2) is 51.3 Å². The third-order valence-corrected chi connectivity index (χ3v) is 4.47. The maximum absolute atomic E-state index is 13.5.